The van der Waals surface area contributed by atoms with Crippen LogP contribution in [0.4, 0.5) is 0 Å². The number of rotatable bonds is 9. The molecule has 0 bridgehead atoms. The maximum Gasteiger partial charge on any atom is 0.149 e. The van der Waals surface area contributed by atoms with E-state index < -0.39 is 0 Å². The van der Waals surface area contributed by atoms with Gasteiger partial charge in [-0.25, -0.2) is 0 Å². The van der Waals surface area contributed by atoms with E-state index in [1.807, 2.05) is 11.6 Å². The molecule has 104 valence electrons. The van der Waals surface area contributed by atoms with Crippen molar-refractivity contribution in [3.63, 3.8) is 0 Å². The molecule has 1 aromatic rings. The number of hydrogen-bond acceptors (Lipinski definition) is 3. The van der Waals surface area contributed by atoms with Crippen LogP contribution in [-0.4, -0.2) is 20.8 Å². The Kier molecular flexibility index (Phi) is 6.94. The monoisotopic (exact) mass is 252 g/mol. The summed E-state index contributed by atoms with van der Waals surface area (Å²) < 4.78 is 1.98. The van der Waals surface area contributed by atoms with Crippen LogP contribution in [0.5, 0.6) is 0 Å². The second-order valence-electron chi connectivity index (χ2n) is 5.29. The van der Waals surface area contributed by atoms with Crippen molar-refractivity contribution < 1.29 is 0 Å². The fraction of sp³-hybridized carbons (Fsp3) is 0.857. The molecule has 1 N–H and O–H groups in total. The third-order valence-corrected chi connectivity index (χ3v) is 3.41. The van der Waals surface area contributed by atoms with E-state index in [1.54, 1.807) is 6.33 Å². The molecule has 0 radical (unpaired) electrons. The minimum Gasteiger partial charge on any atom is -0.319 e. The van der Waals surface area contributed by atoms with Crippen LogP contribution >= 0.6 is 0 Å². The lowest BCUT2D eigenvalue weighted by Crippen LogP contribution is -2.30. The number of hydrogen-bond donors (Lipinski definition) is 1. The van der Waals surface area contributed by atoms with Crippen molar-refractivity contribution in [3.05, 3.63) is 12.2 Å². The average Bonchev–Trinajstić information content (AvgIpc) is 2.75. The Balaban J connectivity index is 2.19. The summed E-state index contributed by atoms with van der Waals surface area (Å²) in [5.41, 5.74) is 0. The molecule has 0 amide bonds. The van der Waals surface area contributed by atoms with Gasteiger partial charge in [-0.2, -0.15) is 0 Å². The molecule has 2 atom stereocenters. The number of aromatic nitrogens is 3. The lowest BCUT2D eigenvalue weighted by molar-refractivity contribution is 0.420. The van der Waals surface area contributed by atoms with Crippen molar-refractivity contribution in [2.75, 3.05) is 0 Å². The highest BCUT2D eigenvalue weighted by Crippen LogP contribution is 2.12. The van der Waals surface area contributed by atoms with Crippen molar-refractivity contribution in [1.82, 2.24) is 20.1 Å². The lowest BCUT2D eigenvalue weighted by Gasteiger charge is -2.19. The molecule has 18 heavy (non-hydrogen) atoms. The fourth-order valence-corrected chi connectivity index (χ4v) is 2.32. The molecule has 0 saturated carbocycles. The summed E-state index contributed by atoms with van der Waals surface area (Å²) in [7, 11) is 1.99. The molecule has 1 heterocycles. The van der Waals surface area contributed by atoms with Gasteiger partial charge in [0.25, 0.3) is 0 Å². The van der Waals surface area contributed by atoms with Crippen LogP contribution < -0.4 is 5.32 Å². The van der Waals surface area contributed by atoms with Gasteiger partial charge in [-0.3, -0.25) is 0 Å². The highest BCUT2D eigenvalue weighted by molar-refractivity contribution is 4.92. The summed E-state index contributed by atoms with van der Waals surface area (Å²) in [6.07, 6.45) is 9.74. The summed E-state index contributed by atoms with van der Waals surface area (Å²) in [5.74, 6) is 1.01. The first-order chi connectivity index (χ1) is 8.65. The van der Waals surface area contributed by atoms with Crippen LogP contribution in [0, 0.1) is 0 Å². The largest absolute Gasteiger partial charge is 0.319 e. The van der Waals surface area contributed by atoms with Crippen molar-refractivity contribution in [2.45, 2.75) is 71.4 Å². The summed E-state index contributed by atoms with van der Waals surface area (Å²) >= 11 is 0. The Bertz CT molecular complexity index is 321. The van der Waals surface area contributed by atoms with Crippen LogP contribution in [0.25, 0.3) is 0 Å². The van der Waals surface area contributed by atoms with Crippen LogP contribution in [0.3, 0.4) is 0 Å². The molecule has 1 rings (SSSR count). The molecular weight excluding hydrogens is 224 g/mol. The standard InChI is InChI=1S/C14H28N4/c1-5-6-7-8-9-10-12(2)16-13(3)14-17-15-11-18(14)4/h11-13,16H,5-10H2,1-4H3. The maximum atomic E-state index is 4.14. The SMILES string of the molecule is CCCCCCCC(C)NC(C)c1nncn1C. The van der Waals surface area contributed by atoms with Crippen molar-refractivity contribution in [1.29, 1.82) is 0 Å². The van der Waals surface area contributed by atoms with E-state index in [1.165, 1.54) is 38.5 Å². The van der Waals surface area contributed by atoms with E-state index in [4.69, 9.17) is 0 Å². The molecule has 0 saturated heterocycles. The molecule has 4 nitrogen and oxygen atoms in total. The zero-order valence-electron chi connectivity index (χ0n) is 12.3. The van der Waals surface area contributed by atoms with Gasteiger partial charge in [-0.1, -0.05) is 39.0 Å². The van der Waals surface area contributed by atoms with E-state index in [0.717, 1.165) is 5.82 Å². The molecule has 1 aromatic heterocycles. The van der Waals surface area contributed by atoms with Gasteiger partial charge < -0.3 is 9.88 Å². The molecule has 2 unspecified atom stereocenters. The minimum atomic E-state index is 0.267. The smallest absolute Gasteiger partial charge is 0.149 e. The predicted octanol–water partition coefficient (Wildman–Crippen LogP) is 3.21. The van der Waals surface area contributed by atoms with Gasteiger partial charge in [0, 0.05) is 13.1 Å². The Morgan fingerprint density at radius 3 is 2.56 bits per heavy atom. The van der Waals surface area contributed by atoms with Crippen LogP contribution in [0.1, 0.15) is 71.2 Å². The second kappa shape index (κ2) is 8.25. The summed E-state index contributed by atoms with van der Waals surface area (Å²) in [6, 6.07) is 0.807. The normalized spacial score (nSPS) is 14.7. The number of aryl methyl sites for hydroxylation is 1. The van der Waals surface area contributed by atoms with E-state index >= 15 is 0 Å². The van der Waals surface area contributed by atoms with Crippen LogP contribution in [0.15, 0.2) is 6.33 Å². The van der Waals surface area contributed by atoms with Gasteiger partial charge in [0.15, 0.2) is 0 Å². The van der Waals surface area contributed by atoms with Crippen molar-refractivity contribution >= 4 is 0 Å². The summed E-state index contributed by atoms with van der Waals surface area (Å²) in [6.45, 7) is 6.66. The zero-order chi connectivity index (χ0) is 13.4. The third kappa shape index (κ3) is 5.17. The van der Waals surface area contributed by atoms with Gasteiger partial charge in [0.05, 0.1) is 6.04 Å². The Hall–Kier alpha value is -0.900. The van der Waals surface area contributed by atoms with Gasteiger partial charge in [0.1, 0.15) is 12.2 Å². The van der Waals surface area contributed by atoms with Crippen LogP contribution in [0.2, 0.25) is 0 Å². The molecule has 0 fully saturated rings. The van der Waals surface area contributed by atoms with Crippen molar-refractivity contribution in [3.8, 4) is 0 Å². The molecule has 4 heteroatoms. The topological polar surface area (TPSA) is 42.7 Å². The molecule has 0 aliphatic rings. The first-order valence-corrected chi connectivity index (χ1v) is 7.25. The van der Waals surface area contributed by atoms with Gasteiger partial charge in [-0.05, 0) is 20.3 Å². The van der Waals surface area contributed by atoms with Crippen molar-refractivity contribution in [2.24, 2.45) is 7.05 Å². The number of unbranched alkanes of at least 4 members (excludes halogenated alkanes) is 4. The quantitative estimate of drug-likeness (QED) is 0.686. The first kappa shape index (κ1) is 15.2. The van der Waals surface area contributed by atoms with Gasteiger partial charge >= 0.3 is 0 Å². The highest BCUT2D eigenvalue weighted by Gasteiger charge is 2.13. The second-order valence-corrected chi connectivity index (χ2v) is 5.29. The van der Waals surface area contributed by atoms with E-state index in [9.17, 15) is 0 Å². The molecule has 0 aromatic carbocycles. The minimum absolute atomic E-state index is 0.267. The van der Waals surface area contributed by atoms with E-state index in [-0.39, 0.29) is 6.04 Å². The first-order valence-electron chi connectivity index (χ1n) is 7.25. The Labute approximate surface area is 111 Å². The van der Waals surface area contributed by atoms with Gasteiger partial charge in [0.2, 0.25) is 0 Å². The van der Waals surface area contributed by atoms with Crippen LogP contribution in [-0.2, 0) is 7.05 Å². The predicted molar refractivity (Wildman–Crippen MR) is 75.4 cm³/mol. The molecule has 0 spiro atoms. The Morgan fingerprint density at radius 1 is 1.22 bits per heavy atom. The van der Waals surface area contributed by atoms with E-state index in [0.29, 0.717) is 6.04 Å². The number of nitrogens with one attached hydrogen (secondary N) is 1. The highest BCUT2D eigenvalue weighted by atomic mass is 15.3. The number of nitrogens with zero attached hydrogens (tertiary/aromatic N) is 3. The van der Waals surface area contributed by atoms with Gasteiger partial charge in [-0.15, -0.1) is 10.2 Å². The summed E-state index contributed by atoms with van der Waals surface area (Å²) in [5, 5.41) is 11.6. The Morgan fingerprint density at radius 2 is 1.94 bits per heavy atom. The zero-order valence-corrected chi connectivity index (χ0v) is 12.3. The molecule has 0 aliphatic carbocycles. The molecule has 0 aliphatic heterocycles. The molecular formula is C14H28N4. The lowest BCUT2D eigenvalue weighted by atomic mass is 10.1. The third-order valence-electron chi connectivity index (χ3n) is 3.41. The fourth-order valence-electron chi connectivity index (χ4n) is 2.32. The average molecular weight is 252 g/mol. The summed E-state index contributed by atoms with van der Waals surface area (Å²) in [4.78, 5) is 0. The van der Waals surface area contributed by atoms with E-state index in [2.05, 4.69) is 36.3 Å². The maximum absolute atomic E-state index is 4.14.